The second-order valence-electron chi connectivity index (χ2n) is 6.80. The normalized spacial score (nSPS) is 18.7. The molecule has 2 amide bonds. The van der Waals surface area contributed by atoms with Crippen molar-refractivity contribution in [2.45, 2.75) is 6.42 Å². The highest BCUT2D eigenvalue weighted by molar-refractivity contribution is 5.76. The molecule has 7 heteroatoms. The van der Waals surface area contributed by atoms with Gasteiger partial charge in [0, 0.05) is 71.0 Å². The molecule has 2 aliphatic heterocycles. The molecule has 3 rings (SSSR count). The summed E-state index contributed by atoms with van der Waals surface area (Å²) in [6, 6.07) is 8.17. The molecule has 0 aliphatic carbocycles. The number of carbonyl (C=O) groups excluding carboxylic acids is 2. The quantitative estimate of drug-likeness (QED) is 0.692. The topological polar surface area (TPSA) is 56.3 Å². The van der Waals surface area contributed by atoms with Crippen LogP contribution in [0.2, 0.25) is 0 Å². The molecule has 2 fully saturated rings. The Morgan fingerprint density at radius 1 is 1.00 bits per heavy atom. The van der Waals surface area contributed by atoms with Crippen molar-refractivity contribution < 1.29 is 14.3 Å². The maximum atomic E-state index is 12.4. The van der Waals surface area contributed by atoms with Gasteiger partial charge < -0.3 is 19.4 Å². The Hall–Kier alpha value is -2.28. The lowest BCUT2D eigenvalue weighted by atomic mass is 10.2. The number of piperazine rings is 2. The summed E-state index contributed by atoms with van der Waals surface area (Å²) >= 11 is 0. The smallest absolute Gasteiger partial charge is 0.223 e. The van der Waals surface area contributed by atoms with Crippen LogP contribution in [0, 0.1) is 0 Å². The van der Waals surface area contributed by atoms with E-state index in [2.05, 4.69) is 21.9 Å². The van der Waals surface area contributed by atoms with Gasteiger partial charge >= 0.3 is 0 Å². The van der Waals surface area contributed by atoms with Gasteiger partial charge in [-0.3, -0.25) is 14.5 Å². The molecule has 0 unspecified atom stereocenters. The predicted molar refractivity (Wildman–Crippen MR) is 100 cm³/mol. The second-order valence-corrected chi connectivity index (χ2v) is 6.80. The molecule has 0 bridgehead atoms. The molecular formula is C19H28N4O3. The number of methoxy groups -OCH3 is 1. The zero-order chi connectivity index (χ0) is 18.4. The van der Waals surface area contributed by atoms with Crippen LogP contribution in [-0.4, -0.2) is 93.0 Å². The first-order chi connectivity index (χ1) is 12.7. The minimum atomic E-state index is 0.202. The van der Waals surface area contributed by atoms with Gasteiger partial charge in [-0.15, -0.1) is 0 Å². The Labute approximate surface area is 155 Å². The van der Waals surface area contributed by atoms with Gasteiger partial charge in [0.15, 0.2) is 0 Å². The van der Waals surface area contributed by atoms with Gasteiger partial charge in [0.25, 0.3) is 0 Å². The van der Waals surface area contributed by atoms with Crippen LogP contribution in [0.5, 0.6) is 5.75 Å². The van der Waals surface area contributed by atoms with Gasteiger partial charge in [0.2, 0.25) is 12.3 Å². The lowest BCUT2D eigenvalue weighted by Crippen LogP contribution is -2.50. The van der Waals surface area contributed by atoms with E-state index < -0.39 is 0 Å². The molecule has 26 heavy (non-hydrogen) atoms. The third-order valence-corrected chi connectivity index (χ3v) is 5.27. The van der Waals surface area contributed by atoms with E-state index in [9.17, 15) is 9.59 Å². The van der Waals surface area contributed by atoms with E-state index in [0.717, 1.165) is 44.9 Å². The Kier molecular flexibility index (Phi) is 6.33. The van der Waals surface area contributed by atoms with Crippen molar-refractivity contribution in [1.29, 1.82) is 0 Å². The molecule has 0 atom stereocenters. The third-order valence-electron chi connectivity index (χ3n) is 5.27. The van der Waals surface area contributed by atoms with Gasteiger partial charge in [0.1, 0.15) is 5.75 Å². The monoisotopic (exact) mass is 360 g/mol. The van der Waals surface area contributed by atoms with Gasteiger partial charge in [-0.05, 0) is 24.3 Å². The molecule has 1 aromatic carbocycles. The van der Waals surface area contributed by atoms with Crippen LogP contribution in [0.1, 0.15) is 6.42 Å². The lowest BCUT2D eigenvalue weighted by molar-refractivity contribution is -0.135. The van der Waals surface area contributed by atoms with Crippen molar-refractivity contribution in [1.82, 2.24) is 14.7 Å². The lowest BCUT2D eigenvalue weighted by Gasteiger charge is -2.37. The number of ether oxygens (including phenoxy) is 1. The molecule has 2 saturated heterocycles. The molecule has 0 radical (unpaired) electrons. The van der Waals surface area contributed by atoms with Crippen LogP contribution < -0.4 is 9.64 Å². The van der Waals surface area contributed by atoms with Gasteiger partial charge in [-0.2, -0.15) is 0 Å². The number of amides is 2. The molecule has 2 aliphatic rings. The minimum absolute atomic E-state index is 0.202. The van der Waals surface area contributed by atoms with E-state index in [-0.39, 0.29) is 5.91 Å². The van der Waals surface area contributed by atoms with E-state index in [0.29, 0.717) is 32.6 Å². The first-order valence-corrected chi connectivity index (χ1v) is 9.28. The van der Waals surface area contributed by atoms with E-state index >= 15 is 0 Å². The Morgan fingerprint density at radius 3 is 2.23 bits per heavy atom. The number of rotatable bonds is 6. The number of carbonyl (C=O) groups is 2. The SMILES string of the molecule is COc1ccc(N2CCN(CCC(=O)N3CCN(C=O)CC3)CC2)cc1. The summed E-state index contributed by atoms with van der Waals surface area (Å²) in [6.07, 6.45) is 1.42. The van der Waals surface area contributed by atoms with Crippen molar-refractivity contribution in [3.05, 3.63) is 24.3 Å². The number of anilines is 1. The van der Waals surface area contributed by atoms with Gasteiger partial charge in [-0.1, -0.05) is 0 Å². The van der Waals surface area contributed by atoms with Crippen LogP contribution in [-0.2, 0) is 9.59 Å². The largest absolute Gasteiger partial charge is 0.497 e. The maximum Gasteiger partial charge on any atom is 0.223 e. The van der Waals surface area contributed by atoms with Crippen molar-refractivity contribution >= 4 is 18.0 Å². The molecule has 7 nitrogen and oxygen atoms in total. The Balaban J connectivity index is 1.38. The number of benzene rings is 1. The third kappa shape index (κ3) is 4.66. The number of hydrogen-bond acceptors (Lipinski definition) is 5. The highest BCUT2D eigenvalue weighted by atomic mass is 16.5. The van der Waals surface area contributed by atoms with Gasteiger partial charge in [-0.25, -0.2) is 0 Å². The van der Waals surface area contributed by atoms with E-state index in [1.165, 1.54) is 5.69 Å². The molecular weight excluding hydrogens is 332 g/mol. The fraction of sp³-hybridized carbons (Fsp3) is 0.579. The highest BCUT2D eigenvalue weighted by Crippen LogP contribution is 2.20. The first kappa shape index (κ1) is 18.5. The van der Waals surface area contributed by atoms with Crippen molar-refractivity contribution in [3.8, 4) is 5.75 Å². The molecule has 1 aromatic rings. The summed E-state index contributed by atoms with van der Waals surface area (Å²) < 4.78 is 5.21. The van der Waals surface area contributed by atoms with Crippen LogP contribution in [0.15, 0.2) is 24.3 Å². The molecule has 0 saturated carbocycles. The molecule has 142 valence electrons. The van der Waals surface area contributed by atoms with Crippen LogP contribution in [0.3, 0.4) is 0 Å². The minimum Gasteiger partial charge on any atom is -0.497 e. The number of hydrogen-bond donors (Lipinski definition) is 0. The van der Waals surface area contributed by atoms with E-state index in [4.69, 9.17) is 4.74 Å². The first-order valence-electron chi connectivity index (χ1n) is 9.28. The fourth-order valence-electron chi connectivity index (χ4n) is 3.51. The summed E-state index contributed by atoms with van der Waals surface area (Å²) in [6.45, 7) is 7.30. The molecule has 0 N–H and O–H groups in total. The Morgan fingerprint density at radius 2 is 1.65 bits per heavy atom. The number of nitrogens with zero attached hydrogens (tertiary/aromatic N) is 4. The van der Waals surface area contributed by atoms with Gasteiger partial charge in [0.05, 0.1) is 7.11 Å². The molecule has 0 spiro atoms. The summed E-state index contributed by atoms with van der Waals surface area (Å²) in [5.74, 6) is 1.08. The zero-order valence-electron chi connectivity index (χ0n) is 15.5. The standard InChI is InChI=1S/C19H28N4O3/c1-26-18-4-2-17(3-5-18)22-12-8-20(9-13-22)7-6-19(25)23-14-10-21(16-24)11-15-23/h2-5,16H,6-15H2,1H3. The zero-order valence-corrected chi connectivity index (χ0v) is 15.5. The van der Waals surface area contributed by atoms with Crippen LogP contribution in [0.4, 0.5) is 5.69 Å². The van der Waals surface area contributed by atoms with Crippen LogP contribution in [0.25, 0.3) is 0 Å². The summed E-state index contributed by atoms with van der Waals surface area (Å²) in [4.78, 5) is 31.4. The Bertz CT molecular complexity index is 591. The average Bonchev–Trinajstić information content (AvgIpc) is 2.72. The fourth-order valence-corrected chi connectivity index (χ4v) is 3.51. The van der Waals surface area contributed by atoms with Crippen molar-refractivity contribution in [2.75, 3.05) is 70.9 Å². The molecule has 2 heterocycles. The average molecular weight is 360 g/mol. The summed E-state index contributed by atoms with van der Waals surface area (Å²) in [5.41, 5.74) is 1.22. The summed E-state index contributed by atoms with van der Waals surface area (Å²) in [5, 5.41) is 0. The highest BCUT2D eigenvalue weighted by Gasteiger charge is 2.22. The van der Waals surface area contributed by atoms with E-state index in [1.807, 2.05) is 17.0 Å². The summed E-state index contributed by atoms with van der Waals surface area (Å²) in [7, 11) is 1.68. The molecule has 0 aromatic heterocycles. The predicted octanol–water partition coefficient (Wildman–Crippen LogP) is 0.508. The van der Waals surface area contributed by atoms with Crippen LogP contribution >= 0.6 is 0 Å². The van der Waals surface area contributed by atoms with Crippen molar-refractivity contribution in [3.63, 3.8) is 0 Å². The second kappa shape index (κ2) is 8.89. The maximum absolute atomic E-state index is 12.4. The van der Waals surface area contributed by atoms with Crippen molar-refractivity contribution in [2.24, 2.45) is 0 Å². The van der Waals surface area contributed by atoms with E-state index in [1.54, 1.807) is 12.0 Å².